The highest BCUT2D eigenvalue weighted by Gasteiger charge is 2.43. The minimum Gasteiger partial charge on any atom is -0.391 e. The second-order valence-electron chi connectivity index (χ2n) is 7.77. The van der Waals surface area contributed by atoms with Crippen LogP contribution in [0.4, 0.5) is 0 Å². The number of aliphatic hydroxyl groups excluding tert-OH is 2. The summed E-state index contributed by atoms with van der Waals surface area (Å²) >= 11 is 0. The second kappa shape index (κ2) is 9.51. The molecule has 2 heterocycles. The fourth-order valence-corrected chi connectivity index (χ4v) is 3.86. The van der Waals surface area contributed by atoms with E-state index in [2.05, 4.69) is 5.32 Å². The highest BCUT2D eigenvalue weighted by molar-refractivity contribution is 5.95. The van der Waals surface area contributed by atoms with Gasteiger partial charge in [0.2, 0.25) is 23.6 Å². The molecule has 0 radical (unpaired) electrons. The maximum absolute atomic E-state index is 13.1. The van der Waals surface area contributed by atoms with Crippen LogP contribution < -0.4 is 16.8 Å². The summed E-state index contributed by atoms with van der Waals surface area (Å²) in [5.41, 5.74) is 11.0. The smallest absolute Gasteiger partial charge is 0.246 e. The third-order valence-electron chi connectivity index (χ3n) is 5.55. The quantitative estimate of drug-likeness (QED) is 0.295. The topological polar surface area (TPSA) is 179 Å². The van der Waals surface area contributed by atoms with E-state index in [-0.39, 0.29) is 5.91 Å². The van der Waals surface area contributed by atoms with E-state index in [0.29, 0.717) is 38.8 Å². The van der Waals surface area contributed by atoms with Crippen LogP contribution in [0.25, 0.3) is 0 Å². The third-order valence-corrected chi connectivity index (χ3v) is 5.55. The van der Waals surface area contributed by atoms with Crippen LogP contribution in [0.3, 0.4) is 0 Å². The van der Waals surface area contributed by atoms with Gasteiger partial charge in [-0.3, -0.25) is 19.2 Å². The van der Waals surface area contributed by atoms with E-state index < -0.39 is 54.1 Å². The number of carbonyl (C=O) groups excluding carboxylic acids is 4. The van der Waals surface area contributed by atoms with Gasteiger partial charge in [-0.2, -0.15) is 0 Å². The summed E-state index contributed by atoms with van der Waals surface area (Å²) in [7, 11) is 0. The van der Waals surface area contributed by atoms with Crippen LogP contribution in [0.5, 0.6) is 0 Å². The molecule has 2 fully saturated rings. The SMILES string of the molecule is C[C@H](O)C(NC(=O)[C@H]1CCCN1C(=O)[C@H]1CCCN1C(=O)[C@H](N)[C@H](C)O)C(N)=O. The van der Waals surface area contributed by atoms with Gasteiger partial charge in [-0.1, -0.05) is 0 Å². The van der Waals surface area contributed by atoms with Crippen LogP contribution >= 0.6 is 0 Å². The van der Waals surface area contributed by atoms with Crippen LogP contribution in [0.2, 0.25) is 0 Å². The third kappa shape index (κ3) is 5.03. The van der Waals surface area contributed by atoms with Crippen LogP contribution in [-0.4, -0.2) is 93.1 Å². The zero-order valence-corrected chi connectivity index (χ0v) is 16.8. The number of carbonyl (C=O) groups is 4. The van der Waals surface area contributed by atoms with Crippen molar-refractivity contribution >= 4 is 23.6 Å². The van der Waals surface area contributed by atoms with Crippen LogP contribution in [-0.2, 0) is 19.2 Å². The van der Waals surface area contributed by atoms with E-state index in [0.717, 1.165) is 0 Å². The van der Waals surface area contributed by atoms with E-state index >= 15 is 0 Å². The van der Waals surface area contributed by atoms with Crippen LogP contribution in [0, 0.1) is 0 Å². The van der Waals surface area contributed by atoms with Crippen molar-refractivity contribution in [3.8, 4) is 0 Å². The monoisotopic (exact) mass is 413 g/mol. The molecule has 0 spiro atoms. The Kier molecular flexibility index (Phi) is 7.55. The molecule has 2 saturated heterocycles. The summed E-state index contributed by atoms with van der Waals surface area (Å²) in [6.45, 7) is 3.44. The lowest BCUT2D eigenvalue weighted by Gasteiger charge is -2.33. The Labute approximate surface area is 169 Å². The highest BCUT2D eigenvalue weighted by Crippen LogP contribution is 2.25. The van der Waals surface area contributed by atoms with Crippen molar-refractivity contribution in [3.63, 3.8) is 0 Å². The average molecular weight is 413 g/mol. The summed E-state index contributed by atoms with van der Waals surface area (Å²) in [4.78, 5) is 52.5. The molecule has 0 aromatic rings. The number of rotatable bonds is 7. The summed E-state index contributed by atoms with van der Waals surface area (Å²) in [5, 5.41) is 21.6. The molecular weight excluding hydrogens is 382 g/mol. The molecule has 11 nitrogen and oxygen atoms in total. The largest absolute Gasteiger partial charge is 0.391 e. The van der Waals surface area contributed by atoms with Crippen LogP contribution in [0.15, 0.2) is 0 Å². The van der Waals surface area contributed by atoms with Crippen molar-refractivity contribution in [2.45, 2.75) is 75.9 Å². The summed E-state index contributed by atoms with van der Waals surface area (Å²) in [6, 6.07) is -3.94. The van der Waals surface area contributed by atoms with Gasteiger partial charge in [-0.05, 0) is 39.5 Å². The first-order chi connectivity index (χ1) is 13.6. The zero-order valence-electron chi connectivity index (χ0n) is 16.8. The number of nitrogens with two attached hydrogens (primary N) is 2. The van der Waals surface area contributed by atoms with Crippen molar-refractivity contribution in [2.75, 3.05) is 13.1 Å². The van der Waals surface area contributed by atoms with E-state index in [1.165, 1.54) is 23.6 Å². The van der Waals surface area contributed by atoms with E-state index in [9.17, 15) is 29.4 Å². The van der Waals surface area contributed by atoms with Gasteiger partial charge in [-0.15, -0.1) is 0 Å². The molecular formula is C18H31N5O6. The Morgan fingerprint density at radius 2 is 1.52 bits per heavy atom. The first kappa shape index (κ1) is 23.0. The maximum Gasteiger partial charge on any atom is 0.246 e. The normalized spacial score (nSPS) is 26.0. The zero-order chi connectivity index (χ0) is 21.9. The lowest BCUT2D eigenvalue weighted by Crippen LogP contribution is -2.58. The molecule has 7 N–H and O–H groups in total. The van der Waals surface area contributed by atoms with E-state index in [4.69, 9.17) is 11.5 Å². The van der Waals surface area contributed by atoms with Gasteiger partial charge < -0.3 is 36.8 Å². The molecule has 2 aliphatic rings. The minimum atomic E-state index is -1.26. The molecule has 6 atom stereocenters. The van der Waals surface area contributed by atoms with Gasteiger partial charge >= 0.3 is 0 Å². The van der Waals surface area contributed by atoms with Gasteiger partial charge in [-0.25, -0.2) is 0 Å². The highest BCUT2D eigenvalue weighted by atomic mass is 16.3. The molecule has 0 aromatic carbocycles. The number of hydrogen-bond donors (Lipinski definition) is 5. The van der Waals surface area contributed by atoms with Gasteiger partial charge in [0.05, 0.1) is 12.2 Å². The van der Waals surface area contributed by atoms with E-state index in [1.54, 1.807) is 0 Å². The maximum atomic E-state index is 13.1. The van der Waals surface area contributed by atoms with Gasteiger partial charge in [0.25, 0.3) is 0 Å². The fraction of sp³-hybridized carbons (Fsp3) is 0.778. The molecule has 1 unspecified atom stereocenters. The molecule has 0 saturated carbocycles. The molecule has 4 amide bonds. The van der Waals surface area contributed by atoms with Crippen molar-refractivity contribution in [1.82, 2.24) is 15.1 Å². The lowest BCUT2D eigenvalue weighted by molar-refractivity contribution is -0.148. The van der Waals surface area contributed by atoms with E-state index in [1.807, 2.05) is 0 Å². The summed E-state index contributed by atoms with van der Waals surface area (Å²) in [5.74, 6) is -2.31. The Bertz CT molecular complexity index is 655. The number of nitrogens with zero attached hydrogens (tertiary/aromatic N) is 2. The van der Waals surface area contributed by atoms with Gasteiger partial charge in [0.1, 0.15) is 24.2 Å². The lowest BCUT2D eigenvalue weighted by atomic mass is 10.1. The van der Waals surface area contributed by atoms with Crippen molar-refractivity contribution in [3.05, 3.63) is 0 Å². The minimum absolute atomic E-state index is 0.341. The predicted molar refractivity (Wildman–Crippen MR) is 102 cm³/mol. The van der Waals surface area contributed by atoms with Crippen molar-refractivity contribution in [1.29, 1.82) is 0 Å². The molecule has 0 bridgehead atoms. The van der Waals surface area contributed by atoms with Gasteiger partial charge in [0, 0.05) is 13.1 Å². The average Bonchev–Trinajstić information content (AvgIpc) is 3.32. The Morgan fingerprint density at radius 3 is 2.03 bits per heavy atom. The Morgan fingerprint density at radius 1 is 0.966 bits per heavy atom. The Balaban J connectivity index is 2.11. The number of nitrogens with one attached hydrogen (secondary N) is 1. The second-order valence-corrected chi connectivity index (χ2v) is 7.77. The summed E-state index contributed by atoms with van der Waals surface area (Å²) in [6.07, 6.45) is -0.170. The van der Waals surface area contributed by atoms with Gasteiger partial charge in [0.15, 0.2) is 0 Å². The standard InChI is InChI=1S/C18H31N5O6/c1-9(24)13(19)18(29)23-8-4-6-12(23)17(28)22-7-3-5-11(22)16(27)21-14(10(2)25)15(20)26/h9-14,24-25H,3-8,19H2,1-2H3,(H2,20,26)(H,21,27)/t9-,10-,11+,12+,13+,14?/m0/s1. The number of likely N-dealkylation sites (tertiary alicyclic amines) is 2. The number of primary amides is 1. The molecule has 2 aliphatic heterocycles. The first-order valence-electron chi connectivity index (χ1n) is 9.88. The number of hydrogen-bond acceptors (Lipinski definition) is 7. The predicted octanol–water partition coefficient (Wildman–Crippen LogP) is -2.97. The van der Waals surface area contributed by atoms with Crippen molar-refractivity contribution in [2.24, 2.45) is 11.5 Å². The molecule has 2 rings (SSSR count). The fourth-order valence-electron chi connectivity index (χ4n) is 3.86. The number of aliphatic hydroxyl groups is 2. The number of amides is 4. The molecule has 11 heteroatoms. The molecule has 164 valence electrons. The first-order valence-corrected chi connectivity index (χ1v) is 9.88. The van der Waals surface area contributed by atoms with Crippen molar-refractivity contribution < 1.29 is 29.4 Å². The molecule has 0 aliphatic carbocycles. The summed E-state index contributed by atoms with van der Waals surface area (Å²) < 4.78 is 0. The van der Waals surface area contributed by atoms with Crippen LogP contribution in [0.1, 0.15) is 39.5 Å². The molecule has 0 aromatic heterocycles. The Hall–Kier alpha value is -2.24. The molecule has 29 heavy (non-hydrogen) atoms.